The molecule has 2 heterocycles. The first-order valence-corrected chi connectivity index (χ1v) is 7.96. The van der Waals surface area contributed by atoms with Gasteiger partial charge < -0.3 is 16.4 Å². The lowest BCUT2D eigenvalue weighted by Crippen LogP contribution is -2.37. The molecular formula is C15H17N5OS. The molecule has 1 aliphatic rings. The Morgan fingerprint density at radius 3 is 2.73 bits per heavy atom. The van der Waals surface area contributed by atoms with Gasteiger partial charge in [0.2, 0.25) is 5.91 Å². The number of aromatic nitrogens is 2. The second-order valence-electron chi connectivity index (χ2n) is 5.23. The van der Waals surface area contributed by atoms with Crippen LogP contribution >= 0.6 is 11.8 Å². The summed E-state index contributed by atoms with van der Waals surface area (Å²) in [6.07, 6.45) is 0.883. The molecule has 6 nitrogen and oxygen atoms in total. The topological polar surface area (TPSA) is 98.1 Å². The summed E-state index contributed by atoms with van der Waals surface area (Å²) in [5, 5.41) is 0.422. The molecule has 1 amide bonds. The van der Waals surface area contributed by atoms with Crippen LogP contribution in [0, 0.1) is 0 Å². The molecule has 7 heteroatoms. The van der Waals surface area contributed by atoms with E-state index in [1.165, 1.54) is 23.4 Å². The zero-order chi connectivity index (χ0) is 15.7. The second kappa shape index (κ2) is 5.84. The summed E-state index contributed by atoms with van der Waals surface area (Å²) in [7, 11) is 0. The number of nitrogen functional groups attached to an aromatic ring is 2. The van der Waals surface area contributed by atoms with Crippen molar-refractivity contribution in [2.45, 2.75) is 24.5 Å². The largest absolute Gasteiger partial charge is 0.383 e. The molecule has 1 aromatic carbocycles. The molecule has 0 spiro atoms. The van der Waals surface area contributed by atoms with Crippen LogP contribution in [0.3, 0.4) is 0 Å². The van der Waals surface area contributed by atoms with Crippen LogP contribution in [-0.4, -0.2) is 27.7 Å². The van der Waals surface area contributed by atoms with Crippen molar-refractivity contribution in [3.8, 4) is 0 Å². The Morgan fingerprint density at radius 1 is 1.32 bits per heavy atom. The third kappa shape index (κ3) is 2.85. The number of benzene rings is 1. The quantitative estimate of drug-likeness (QED) is 0.661. The zero-order valence-corrected chi connectivity index (χ0v) is 13.0. The first-order chi connectivity index (χ1) is 10.5. The van der Waals surface area contributed by atoms with Gasteiger partial charge in [-0.3, -0.25) is 4.79 Å². The summed E-state index contributed by atoms with van der Waals surface area (Å²) in [4.78, 5) is 22.5. The number of para-hydroxylation sites is 1. The van der Waals surface area contributed by atoms with Crippen molar-refractivity contribution in [3.63, 3.8) is 0 Å². The van der Waals surface area contributed by atoms with Crippen LogP contribution in [0.15, 0.2) is 35.5 Å². The fraction of sp³-hybridized carbons (Fsp3) is 0.267. The molecule has 0 fully saturated rings. The van der Waals surface area contributed by atoms with Crippen LogP contribution in [0.2, 0.25) is 0 Å². The molecule has 2 aromatic rings. The number of anilines is 3. The van der Waals surface area contributed by atoms with E-state index in [1.807, 2.05) is 23.1 Å². The minimum atomic E-state index is 0.0343. The van der Waals surface area contributed by atoms with Gasteiger partial charge in [-0.25, -0.2) is 9.97 Å². The highest BCUT2D eigenvalue weighted by Crippen LogP contribution is 2.32. The minimum absolute atomic E-state index is 0.0343. The number of carbonyl (C=O) groups is 1. The van der Waals surface area contributed by atoms with E-state index in [0.717, 1.165) is 12.1 Å². The van der Waals surface area contributed by atoms with E-state index in [0.29, 0.717) is 16.8 Å². The standard InChI is InChI=1S/C15H17N5OS/c1-9-6-10-4-2-3-5-11(10)20(9)14(21)8-22-15-18-12(16)7-13(17)19-15/h2-5,7,9H,6,8H2,1H3,(H4,16,17,18,19)/t9-/m1/s1. The summed E-state index contributed by atoms with van der Waals surface area (Å²) < 4.78 is 0. The zero-order valence-electron chi connectivity index (χ0n) is 12.2. The highest BCUT2D eigenvalue weighted by atomic mass is 32.2. The molecule has 114 valence electrons. The van der Waals surface area contributed by atoms with Crippen molar-refractivity contribution in [2.75, 3.05) is 22.1 Å². The molecule has 1 aromatic heterocycles. The normalized spacial score (nSPS) is 16.6. The van der Waals surface area contributed by atoms with Gasteiger partial charge in [0, 0.05) is 17.8 Å². The van der Waals surface area contributed by atoms with Gasteiger partial charge in [0.05, 0.1) is 5.75 Å². The lowest BCUT2D eigenvalue weighted by Gasteiger charge is -2.22. The van der Waals surface area contributed by atoms with E-state index in [2.05, 4.69) is 23.0 Å². The average molecular weight is 315 g/mol. The van der Waals surface area contributed by atoms with Crippen LogP contribution in [0.25, 0.3) is 0 Å². The molecular weight excluding hydrogens is 298 g/mol. The number of nitrogens with two attached hydrogens (primary N) is 2. The van der Waals surface area contributed by atoms with Gasteiger partial charge in [0.25, 0.3) is 0 Å². The fourth-order valence-corrected chi connectivity index (χ4v) is 3.40. The number of hydrogen-bond donors (Lipinski definition) is 2. The predicted octanol–water partition coefficient (Wildman–Crippen LogP) is 1.71. The van der Waals surface area contributed by atoms with Crippen LogP contribution in [0.5, 0.6) is 0 Å². The number of hydrogen-bond acceptors (Lipinski definition) is 6. The van der Waals surface area contributed by atoms with Crippen molar-refractivity contribution >= 4 is 35.0 Å². The van der Waals surface area contributed by atoms with Gasteiger partial charge in [-0.05, 0) is 25.0 Å². The minimum Gasteiger partial charge on any atom is -0.383 e. The Labute approximate surface area is 132 Å². The summed E-state index contributed by atoms with van der Waals surface area (Å²) in [5.41, 5.74) is 13.5. The molecule has 0 saturated heterocycles. The number of fused-ring (bicyclic) bond motifs is 1. The van der Waals surface area contributed by atoms with E-state index >= 15 is 0 Å². The van der Waals surface area contributed by atoms with Crippen LogP contribution in [0.1, 0.15) is 12.5 Å². The van der Waals surface area contributed by atoms with E-state index in [9.17, 15) is 4.79 Å². The smallest absolute Gasteiger partial charge is 0.237 e. The summed E-state index contributed by atoms with van der Waals surface area (Å²) in [6, 6.07) is 9.65. The van der Waals surface area contributed by atoms with Gasteiger partial charge in [0.1, 0.15) is 11.6 Å². The Bertz CT molecular complexity index is 701. The first kappa shape index (κ1) is 14.6. The van der Waals surface area contributed by atoms with Crippen molar-refractivity contribution in [2.24, 2.45) is 0 Å². The van der Waals surface area contributed by atoms with Crippen molar-refractivity contribution < 1.29 is 4.79 Å². The Kier molecular flexibility index (Phi) is 3.89. The van der Waals surface area contributed by atoms with E-state index < -0.39 is 0 Å². The van der Waals surface area contributed by atoms with Crippen LogP contribution in [0.4, 0.5) is 17.3 Å². The third-order valence-electron chi connectivity index (χ3n) is 3.55. The molecule has 0 saturated carbocycles. The maximum Gasteiger partial charge on any atom is 0.237 e. The maximum atomic E-state index is 12.5. The van der Waals surface area contributed by atoms with Gasteiger partial charge in [-0.1, -0.05) is 30.0 Å². The molecule has 0 aliphatic carbocycles. The highest BCUT2D eigenvalue weighted by Gasteiger charge is 2.30. The Balaban J connectivity index is 1.72. The van der Waals surface area contributed by atoms with E-state index in [-0.39, 0.29) is 17.7 Å². The van der Waals surface area contributed by atoms with E-state index in [1.54, 1.807) is 0 Å². The summed E-state index contributed by atoms with van der Waals surface area (Å²) >= 11 is 1.25. The number of rotatable bonds is 3. The highest BCUT2D eigenvalue weighted by molar-refractivity contribution is 7.99. The predicted molar refractivity (Wildman–Crippen MR) is 88.7 cm³/mol. The average Bonchev–Trinajstić information content (AvgIpc) is 2.79. The molecule has 3 rings (SSSR count). The third-order valence-corrected chi connectivity index (χ3v) is 4.38. The monoisotopic (exact) mass is 315 g/mol. The summed E-state index contributed by atoms with van der Waals surface area (Å²) in [5.74, 6) is 0.901. The molecule has 0 radical (unpaired) electrons. The maximum absolute atomic E-state index is 12.5. The molecule has 22 heavy (non-hydrogen) atoms. The Morgan fingerprint density at radius 2 is 2.00 bits per heavy atom. The van der Waals surface area contributed by atoms with Gasteiger partial charge in [-0.2, -0.15) is 0 Å². The lowest BCUT2D eigenvalue weighted by atomic mass is 10.1. The lowest BCUT2D eigenvalue weighted by molar-refractivity contribution is -0.116. The molecule has 0 bridgehead atoms. The van der Waals surface area contributed by atoms with Gasteiger partial charge >= 0.3 is 0 Å². The SMILES string of the molecule is C[C@@H]1Cc2ccccc2N1C(=O)CSc1nc(N)cc(N)n1. The fourth-order valence-electron chi connectivity index (χ4n) is 2.67. The molecule has 1 atom stereocenters. The van der Waals surface area contributed by atoms with Crippen molar-refractivity contribution in [1.82, 2.24) is 9.97 Å². The molecule has 0 unspecified atom stereocenters. The first-order valence-electron chi connectivity index (χ1n) is 6.97. The second-order valence-corrected chi connectivity index (χ2v) is 6.18. The van der Waals surface area contributed by atoms with Gasteiger partial charge in [0.15, 0.2) is 5.16 Å². The molecule has 4 N–H and O–H groups in total. The molecule has 1 aliphatic heterocycles. The van der Waals surface area contributed by atoms with E-state index in [4.69, 9.17) is 11.5 Å². The Hall–Kier alpha value is -2.28. The number of carbonyl (C=O) groups excluding carboxylic acids is 1. The van der Waals surface area contributed by atoms with Crippen molar-refractivity contribution in [1.29, 1.82) is 0 Å². The van der Waals surface area contributed by atoms with Crippen LogP contribution in [-0.2, 0) is 11.2 Å². The number of amides is 1. The van der Waals surface area contributed by atoms with Crippen LogP contribution < -0.4 is 16.4 Å². The number of thioether (sulfide) groups is 1. The van der Waals surface area contributed by atoms with Crippen molar-refractivity contribution in [3.05, 3.63) is 35.9 Å². The van der Waals surface area contributed by atoms with Gasteiger partial charge in [-0.15, -0.1) is 0 Å². The number of nitrogens with zero attached hydrogens (tertiary/aromatic N) is 3. The summed E-state index contributed by atoms with van der Waals surface area (Å²) in [6.45, 7) is 2.05.